The van der Waals surface area contributed by atoms with Crippen molar-refractivity contribution in [2.45, 2.75) is 77.8 Å². The van der Waals surface area contributed by atoms with Gasteiger partial charge in [-0.2, -0.15) is 13.2 Å². The van der Waals surface area contributed by atoms with Gasteiger partial charge in [0.15, 0.2) is 0 Å². The lowest BCUT2D eigenvalue weighted by molar-refractivity contribution is -0.157. The van der Waals surface area contributed by atoms with E-state index in [0.717, 1.165) is 6.07 Å². The van der Waals surface area contributed by atoms with Crippen LogP contribution >= 0.6 is 15.9 Å². The lowest BCUT2D eigenvalue weighted by Crippen LogP contribution is -2.46. The van der Waals surface area contributed by atoms with E-state index in [9.17, 15) is 27.0 Å². The number of halogens is 4. The second kappa shape index (κ2) is 11.3. The van der Waals surface area contributed by atoms with Gasteiger partial charge in [0, 0.05) is 25.7 Å². The van der Waals surface area contributed by atoms with Crippen LogP contribution in [0.15, 0.2) is 22.7 Å². The number of alkyl carbamates (subject to hydrolysis) is 1. The van der Waals surface area contributed by atoms with E-state index in [1.54, 1.807) is 41.5 Å². The maximum Gasteiger partial charge on any atom is 0.416 e. The van der Waals surface area contributed by atoms with E-state index in [4.69, 9.17) is 14.3 Å². The monoisotopic (exact) mass is 572 g/mol. The van der Waals surface area contributed by atoms with Crippen molar-refractivity contribution in [1.29, 1.82) is 4.78 Å². The lowest BCUT2D eigenvalue weighted by atomic mass is 10.1. The molecule has 1 aromatic rings. The smallest absolute Gasteiger partial charge is 0.416 e. The van der Waals surface area contributed by atoms with Crippen molar-refractivity contribution >= 4 is 37.7 Å². The molecule has 0 aliphatic heterocycles. The number of aryl methyl sites for hydroxylation is 1. The van der Waals surface area contributed by atoms with Crippen LogP contribution in [0.25, 0.3) is 0 Å². The number of carbonyl (C=O) groups excluding carboxylic acids is 2. The van der Waals surface area contributed by atoms with Crippen LogP contribution in [0.1, 0.15) is 59.1 Å². The summed E-state index contributed by atoms with van der Waals surface area (Å²) in [5.41, 5.74) is -2.63. The standard InChI is InChI=1S/C22H32BrF3N2O5S/c1-20(2,3)32-18(29)17(28-19(30)33-21(4,5)6)10-12-34(27,31)11-9-14-7-8-15(23)13-16(14)22(24,25)26/h7-8,13,17,27H,9-12H2,1-6H3,(H,28,30)/t17-,34?/m0/s1. The number of amides is 1. The van der Waals surface area contributed by atoms with Gasteiger partial charge >= 0.3 is 18.2 Å². The summed E-state index contributed by atoms with van der Waals surface area (Å²) in [5.74, 6) is -1.46. The fraction of sp³-hybridized carbons (Fsp3) is 0.636. The Morgan fingerprint density at radius 3 is 2.12 bits per heavy atom. The van der Waals surface area contributed by atoms with Gasteiger partial charge in [-0.15, -0.1) is 0 Å². The van der Waals surface area contributed by atoms with Crippen molar-refractivity contribution in [2.75, 3.05) is 11.5 Å². The summed E-state index contributed by atoms with van der Waals surface area (Å²) >= 11 is 3.01. The van der Waals surface area contributed by atoms with Gasteiger partial charge in [0.05, 0.1) is 5.56 Å². The Kier molecular flexibility index (Phi) is 10.0. The fourth-order valence-corrected chi connectivity index (χ4v) is 4.52. The highest BCUT2D eigenvalue weighted by molar-refractivity contribution is 9.10. The van der Waals surface area contributed by atoms with Crippen molar-refractivity contribution < 1.29 is 36.4 Å². The first kappa shape index (κ1) is 30.2. The zero-order chi connectivity index (χ0) is 26.5. The number of carbonyl (C=O) groups is 2. The molecule has 0 radical (unpaired) electrons. The van der Waals surface area contributed by atoms with Crippen molar-refractivity contribution in [2.24, 2.45) is 0 Å². The molecule has 0 spiro atoms. The van der Waals surface area contributed by atoms with Crippen molar-refractivity contribution in [1.82, 2.24) is 5.32 Å². The average Bonchev–Trinajstić information content (AvgIpc) is 2.60. The van der Waals surface area contributed by atoms with Gasteiger partial charge in [-0.3, -0.25) is 4.78 Å². The zero-order valence-corrected chi connectivity index (χ0v) is 22.5. The summed E-state index contributed by atoms with van der Waals surface area (Å²) in [6.07, 6.45) is -5.92. The summed E-state index contributed by atoms with van der Waals surface area (Å²) < 4.78 is 71.6. The summed E-state index contributed by atoms with van der Waals surface area (Å²) in [6, 6.07) is 2.42. The summed E-state index contributed by atoms with van der Waals surface area (Å²) in [4.78, 5) is 24.7. The van der Waals surface area contributed by atoms with Crippen LogP contribution in [-0.4, -0.2) is 45.0 Å². The molecule has 2 atom stereocenters. The van der Waals surface area contributed by atoms with Gasteiger partial charge < -0.3 is 14.8 Å². The molecule has 12 heteroatoms. The minimum Gasteiger partial charge on any atom is -0.458 e. The molecular formula is C22H32BrF3N2O5S. The van der Waals surface area contributed by atoms with E-state index in [-0.39, 0.29) is 34.4 Å². The Labute approximate surface area is 207 Å². The minimum absolute atomic E-state index is 0.0775. The van der Waals surface area contributed by atoms with E-state index < -0.39 is 50.8 Å². The lowest BCUT2D eigenvalue weighted by Gasteiger charge is -2.26. The second-order valence-electron chi connectivity index (χ2n) is 9.79. The van der Waals surface area contributed by atoms with Crippen molar-refractivity contribution in [3.8, 4) is 0 Å². The van der Waals surface area contributed by atoms with E-state index in [1.807, 2.05) is 0 Å². The first-order chi connectivity index (χ1) is 15.2. The van der Waals surface area contributed by atoms with Gasteiger partial charge in [-0.05, 0) is 72.1 Å². The van der Waals surface area contributed by atoms with Gasteiger partial charge in [0.25, 0.3) is 0 Å². The van der Waals surface area contributed by atoms with Crippen LogP contribution in [0.5, 0.6) is 0 Å². The molecule has 1 amide bonds. The molecule has 1 unspecified atom stereocenters. The largest absolute Gasteiger partial charge is 0.458 e. The van der Waals surface area contributed by atoms with E-state index in [1.165, 1.54) is 12.1 Å². The normalized spacial score (nSPS) is 15.2. The van der Waals surface area contributed by atoms with Crippen molar-refractivity contribution in [3.63, 3.8) is 0 Å². The number of nitrogens with one attached hydrogen (secondary N) is 2. The number of esters is 1. The first-order valence-electron chi connectivity index (χ1n) is 10.5. The molecule has 0 aromatic heterocycles. The van der Waals surface area contributed by atoms with Gasteiger partial charge in [-0.25, -0.2) is 13.8 Å². The predicted octanol–water partition coefficient (Wildman–Crippen LogP) is 5.68. The SMILES string of the molecule is CC(C)(C)OC(=O)N[C@@H](CCS(=N)(=O)CCc1ccc(Br)cc1C(F)(F)F)C(=O)OC(C)(C)C. The molecule has 0 bridgehead atoms. The molecule has 194 valence electrons. The molecule has 7 nitrogen and oxygen atoms in total. The highest BCUT2D eigenvalue weighted by atomic mass is 79.9. The van der Waals surface area contributed by atoms with Crippen LogP contribution < -0.4 is 5.32 Å². The highest BCUT2D eigenvalue weighted by Crippen LogP contribution is 2.34. The molecule has 0 heterocycles. The molecule has 0 aliphatic rings. The third kappa shape index (κ3) is 11.5. The predicted molar refractivity (Wildman–Crippen MR) is 127 cm³/mol. The number of hydrogen-bond donors (Lipinski definition) is 2. The molecular weight excluding hydrogens is 541 g/mol. The average molecular weight is 573 g/mol. The summed E-state index contributed by atoms with van der Waals surface area (Å²) in [5, 5.41) is 2.38. The van der Waals surface area contributed by atoms with Crippen LogP contribution in [0, 0.1) is 4.78 Å². The minimum atomic E-state index is -4.60. The van der Waals surface area contributed by atoms with E-state index >= 15 is 0 Å². The summed E-state index contributed by atoms with van der Waals surface area (Å²) in [7, 11) is -3.37. The number of hydrogen-bond acceptors (Lipinski definition) is 6. The third-order valence-electron chi connectivity index (χ3n) is 4.20. The van der Waals surface area contributed by atoms with Gasteiger partial charge in [0.1, 0.15) is 17.2 Å². The maximum absolute atomic E-state index is 13.3. The quantitative estimate of drug-likeness (QED) is 0.390. The Morgan fingerprint density at radius 1 is 1.06 bits per heavy atom. The highest BCUT2D eigenvalue weighted by Gasteiger charge is 2.34. The molecule has 1 aromatic carbocycles. The van der Waals surface area contributed by atoms with Crippen molar-refractivity contribution in [3.05, 3.63) is 33.8 Å². The number of ether oxygens (including phenoxy) is 2. The van der Waals surface area contributed by atoms with Crippen LogP contribution in [-0.2, 0) is 36.6 Å². The molecule has 0 fully saturated rings. The third-order valence-corrected chi connectivity index (χ3v) is 6.45. The van der Waals surface area contributed by atoms with Crippen LogP contribution in [0.4, 0.5) is 18.0 Å². The van der Waals surface area contributed by atoms with E-state index in [2.05, 4.69) is 21.2 Å². The Morgan fingerprint density at radius 2 is 1.62 bits per heavy atom. The molecule has 2 N–H and O–H groups in total. The van der Waals surface area contributed by atoms with Crippen LogP contribution in [0.3, 0.4) is 0 Å². The van der Waals surface area contributed by atoms with Gasteiger partial charge in [-0.1, -0.05) is 22.0 Å². The van der Waals surface area contributed by atoms with Gasteiger partial charge in [0.2, 0.25) is 0 Å². The molecule has 34 heavy (non-hydrogen) atoms. The van der Waals surface area contributed by atoms with Crippen LogP contribution in [0.2, 0.25) is 0 Å². The Bertz CT molecular complexity index is 984. The summed E-state index contributed by atoms with van der Waals surface area (Å²) in [6.45, 7) is 9.84. The topological polar surface area (TPSA) is 106 Å². The first-order valence-corrected chi connectivity index (χ1v) is 13.2. The Balaban J connectivity index is 2.94. The zero-order valence-electron chi connectivity index (χ0n) is 20.1. The molecule has 0 aliphatic carbocycles. The molecule has 1 rings (SSSR count). The maximum atomic E-state index is 13.3. The Hall–Kier alpha value is -1.82. The fourth-order valence-electron chi connectivity index (χ4n) is 2.79. The number of rotatable bonds is 8. The number of alkyl halides is 3. The molecule has 0 saturated carbocycles. The second-order valence-corrected chi connectivity index (χ2v) is 13.1. The molecule has 0 saturated heterocycles. The number of benzene rings is 1. The van der Waals surface area contributed by atoms with E-state index in [0.29, 0.717) is 0 Å².